The molecule has 0 saturated carbocycles. The smallest absolute Gasteiger partial charge is 0.344 e. The van der Waals surface area contributed by atoms with Crippen molar-refractivity contribution in [3.05, 3.63) is 0 Å². The highest BCUT2D eigenvalue weighted by Gasteiger charge is 2.27. The number of carbonyl (C=O) groups is 1. The van der Waals surface area contributed by atoms with Gasteiger partial charge in [-0.05, 0) is 20.8 Å². The van der Waals surface area contributed by atoms with Crippen LogP contribution < -0.4 is 0 Å². The first-order chi connectivity index (χ1) is 8.51. The molecule has 0 aromatic heterocycles. The van der Waals surface area contributed by atoms with Crippen LogP contribution in [0.3, 0.4) is 0 Å². The van der Waals surface area contributed by atoms with Crippen molar-refractivity contribution < 1.29 is 23.1 Å². The maximum absolute atomic E-state index is 12.3. The van der Waals surface area contributed by atoms with E-state index in [1.54, 1.807) is 25.7 Å². The van der Waals surface area contributed by atoms with Crippen LogP contribution >= 0.6 is 16.8 Å². The first kappa shape index (κ1) is 18.0. The molecule has 0 saturated heterocycles. The van der Waals surface area contributed by atoms with Crippen LogP contribution in [-0.2, 0) is 23.1 Å². The second-order valence-electron chi connectivity index (χ2n) is 3.40. The van der Waals surface area contributed by atoms with Gasteiger partial charge in [0.05, 0.1) is 26.4 Å². The van der Waals surface area contributed by atoms with Crippen molar-refractivity contribution in [2.24, 2.45) is 0 Å². The summed E-state index contributed by atoms with van der Waals surface area (Å²) in [6.07, 6.45) is 0.569. The largest absolute Gasteiger partial charge is 0.465 e. The molecule has 0 N–H and O–H groups in total. The monoisotopic (exact) mass is 299 g/mol. The Morgan fingerprint density at radius 3 is 2.11 bits per heavy atom. The van der Waals surface area contributed by atoms with Crippen molar-refractivity contribution in [2.45, 2.75) is 20.8 Å². The zero-order valence-corrected chi connectivity index (χ0v) is 13.3. The Morgan fingerprint density at radius 1 is 1.17 bits per heavy atom. The van der Waals surface area contributed by atoms with Crippen molar-refractivity contribution >= 4 is 22.8 Å². The number of ether oxygens (including phenoxy) is 1. The zero-order chi connectivity index (χ0) is 14.0. The molecular formula is C10H23NO5P2. The van der Waals surface area contributed by atoms with Crippen LogP contribution in [0.4, 0.5) is 0 Å². The summed E-state index contributed by atoms with van der Waals surface area (Å²) in [6, 6.07) is 0. The summed E-state index contributed by atoms with van der Waals surface area (Å²) < 4.78 is 27.5. The van der Waals surface area contributed by atoms with Crippen LogP contribution in [0, 0.1) is 0 Å². The second kappa shape index (κ2) is 9.88. The first-order valence-electron chi connectivity index (χ1n) is 5.97. The van der Waals surface area contributed by atoms with E-state index in [0.29, 0.717) is 26.1 Å². The predicted octanol–water partition coefficient (Wildman–Crippen LogP) is 1.91. The Hall–Kier alpha value is 0.01000. The van der Waals surface area contributed by atoms with E-state index in [2.05, 4.69) is 9.24 Å². The molecule has 0 aliphatic carbocycles. The Labute approximate surface area is 111 Å². The summed E-state index contributed by atoms with van der Waals surface area (Å²) in [4.78, 5) is 13.0. The maximum Gasteiger partial charge on any atom is 0.344 e. The minimum atomic E-state index is -3.16. The Kier molecular flexibility index (Phi) is 9.88. The number of hydrogen-bond donors (Lipinski definition) is 0. The number of rotatable bonds is 10. The molecule has 1 atom stereocenters. The Morgan fingerprint density at radius 2 is 1.72 bits per heavy atom. The fraction of sp³-hybridized carbons (Fsp3) is 0.900. The molecule has 6 nitrogen and oxygen atoms in total. The lowest BCUT2D eigenvalue weighted by Gasteiger charge is -2.24. The van der Waals surface area contributed by atoms with Crippen LogP contribution in [0.2, 0.25) is 0 Å². The first-order valence-corrected chi connectivity index (χ1v) is 8.51. The lowest BCUT2D eigenvalue weighted by molar-refractivity contribution is -0.143. The fourth-order valence-corrected chi connectivity index (χ4v) is 3.52. The summed E-state index contributed by atoms with van der Waals surface area (Å²) in [5, 5.41) is 0. The van der Waals surface area contributed by atoms with Gasteiger partial charge in [-0.3, -0.25) is 14.3 Å². The van der Waals surface area contributed by atoms with Gasteiger partial charge in [-0.25, -0.2) is 0 Å². The molecule has 8 heteroatoms. The van der Waals surface area contributed by atoms with Crippen molar-refractivity contribution in [1.29, 1.82) is 0 Å². The van der Waals surface area contributed by atoms with Crippen molar-refractivity contribution in [2.75, 3.05) is 38.9 Å². The molecule has 108 valence electrons. The van der Waals surface area contributed by atoms with E-state index >= 15 is 0 Å². The van der Waals surface area contributed by atoms with E-state index < -0.39 is 7.60 Å². The minimum absolute atomic E-state index is 0.0709. The Bertz CT molecular complexity index is 277. The van der Waals surface area contributed by atoms with E-state index in [-0.39, 0.29) is 18.8 Å². The third-order valence-corrected chi connectivity index (χ3v) is 4.51. The number of esters is 1. The lowest BCUT2D eigenvalue weighted by Crippen LogP contribution is -2.31. The molecule has 0 aromatic rings. The van der Waals surface area contributed by atoms with Gasteiger partial charge in [0.25, 0.3) is 0 Å². The van der Waals surface area contributed by atoms with E-state index in [0.717, 1.165) is 0 Å². The summed E-state index contributed by atoms with van der Waals surface area (Å²) in [6.45, 7) is 6.26. The molecule has 0 rings (SSSR count). The predicted molar refractivity (Wildman–Crippen MR) is 73.6 cm³/mol. The van der Waals surface area contributed by atoms with Gasteiger partial charge in [0.1, 0.15) is 6.29 Å². The molecule has 0 spiro atoms. The normalized spacial score (nSPS) is 11.8. The minimum Gasteiger partial charge on any atom is -0.465 e. The SMILES string of the molecule is CCOC(=O)CN(CP)CP(=O)(OCC)OCC. The van der Waals surface area contributed by atoms with E-state index in [9.17, 15) is 9.36 Å². The third kappa shape index (κ3) is 7.45. The average Bonchev–Trinajstić information content (AvgIpc) is 2.28. The molecule has 18 heavy (non-hydrogen) atoms. The highest BCUT2D eigenvalue weighted by Crippen LogP contribution is 2.48. The number of carbonyl (C=O) groups excluding carboxylic acids is 1. The molecule has 0 aliphatic heterocycles. The van der Waals surface area contributed by atoms with Crippen LogP contribution in [0.5, 0.6) is 0 Å². The standard InChI is InChI=1S/C10H23NO5P2/c1-4-14-10(12)7-11(8-17)9-18(13,15-5-2)16-6-3/h4-9,17H2,1-3H3. The van der Waals surface area contributed by atoms with E-state index in [1.807, 2.05) is 0 Å². The summed E-state index contributed by atoms with van der Waals surface area (Å²) in [5.74, 6) is -0.348. The van der Waals surface area contributed by atoms with Gasteiger partial charge in [-0.1, -0.05) is 0 Å². The summed E-state index contributed by atoms with van der Waals surface area (Å²) in [5.41, 5.74) is 0. The van der Waals surface area contributed by atoms with Crippen LogP contribution in [0.15, 0.2) is 0 Å². The van der Waals surface area contributed by atoms with Gasteiger partial charge in [-0.15, -0.1) is 9.24 Å². The van der Waals surface area contributed by atoms with E-state index in [4.69, 9.17) is 13.8 Å². The van der Waals surface area contributed by atoms with E-state index in [1.165, 1.54) is 0 Å². The number of hydrogen-bond acceptors (Lipinski definition) is 6. The summed E-state index contributed by atoms with van der Waals surface area (Å²) >= 11 is 0. The summed E-state index contributed by atoms with van der Waals surface area (Å²) in [7, 11) is -0.682. The van der Waals surface area contributed by atoms with Gasteiger partial charge in [-0.2, -0.15) is 0 Å². The van der Waals surface area contributed by atoms with Gasteiger partial charge in [0, 0.05) is 6.29 Å². The topological polar surface area (TPSA) is 65.1 Å². The fourth-order valence-electron chi connectivity index (χ4n) is 1.32. The van der Waals surface area contributed by atoms with Crippen LogP contribution in [0.25, 0.3) is 0 Å². The zero-order valence-electron chi connectivity index (χ0n) is 11.3. The third-order valence-electron chi connectivity index (χ3n) is 1.94. The molecule has 0 heterocycles. The molecule has 0 amide bonds. The molecule has 1 unspecified atom stereocenters. The van der Waals surface area contributed by atoms with Gasteiger partial charge in [0.2, 0.25) is 0 Å². The van der Waals surface area contributed by atoms with Crippen molar-refractivity contribution in [1.82, 2.24) is 4.90 Å². The molecule has 0 aliphatic rings. The van der Waals surface area contributed by atoms with Crippen LogP contribution in [0.1, 0.15) is 20.8 Å². The average molecular weight is 299 g/mol. The lowest BCUT2D eigenvalue weighted by atomic mass is 10.6. The Balaban J connectivity index is 4.46. The molecule has 0 bridgehead atoms. The highest BCUT2D eigenvalue weighted by molar-refractivity contribution is 7.53. The van der Waals surface area contributed by atoms with Gasteiger partial charge in [0.15, 0.2) is 0 Å². The molecule has 0 fully saturated rings. The quantitative estimate of drug-likeness (QED) is 0.453. The second-order valence-corrected chi connectivity index (χ2v) is 5.79. The van der Waals surface area contributed by atoms with Crippen molar-refractivity contribution in [3.63, 3.8) is 0 Å². The number of nitrogens with zero attached hydrogens (tertiary/aromatic N) is 1. The highest BCUT2D eigenvalue weighted by atomic mass is 31.2. The van der Waals surface area contributed by atoms with Gasteiger partial charge < -0.3 is 13.8 Å². The van der Waals surface area contributed by atoms with Crippen LogP contribution in [-0.4, -0.2) is 49.8 Å². The van der Waals surface area contributed by atoms with Gasteiger partial charge >= 0.3 is 13.6 Å². The molecule has 0 aromatic carbocycles. The molecule has 0 radical (unpaired) electrons. The maximum atomic E-state index is 12.3. The van der Waals surface area contributed by atoms with Crippen molar-refractivity contribution in [3.8, 4) is 0 Å². The molecular weight excluding hydrogens is 276 g/mol.